The van der Waals surface area contributed by atoms with Crippen molar-refractivity contribution in [2.24, 2.45) is 0 Å². The van der Waals surface area contributed by atoms with Gasteiger partial charge in [0.2, 0.25) is 0 Å². The molecule has 3 nitrogen and oxygen atoms in total. The van der Waals surface area contributed by atoms with Crippen LogP contribution < -0.4 is 0 Å². The quantitative estimate of drug-likeness (QED) is 0.504. The molecule has 17 heavy (non-hydrogen) atoms. The third-order valence-electron chi connectivity index (χ3n) is 3.02. The minimum Gasteiger partial charge on any atom is -0.451 e. The van der Waals surface area contributed by atoms with Crippen LogP contribution in [-0.2, 0) is 0 Å². The van der Waals surface area contributed by atoms with Crippen LogP contribution in [0.5, 0.6) is 0 Å². The summed E-state index contributed by atoms with van der Waals surface area (Å²) in [5, 5.41) is 10.7. The fraction of sp³-hybridized carbons (Fsp3) is 0. The molecule has 0 saturated carbocycles. The first kappa shape index (κ1) is 9.07. The number of hydrogen-bond donors (Lipinski definition) is 1. The normalized spacial score (nSPS) is 11.8. The maximum atomic E-state index is 5.98. The molecule has 0 amide bonds. The highest BCUT2D eigenvalue weighted by molar-refractivity contribution is 6.35. The first-order valence-corrected chi connectivity index (χ1v) is 5.66. The molecule has 1 N–H and O–H groups in total. The first-order chi connectivity index (χ1) is 8.34. The molecule has 0 fully saturated rings. The average molecular weight is 243 g/mol. The number of rotatable bonds is 0. The van der Waals surface area contributed by atoms with E-state index in [0.29, 0.717) is 10.7 Å². The van der Waals surface area contributed by atoms with E-state index in [4.69, 9.17) is 16.0 Å². The van der Waals surface area contributed by atoms with E-state index in [1.807, 2.05) is 24.3 Å². The predicted molar refractivity (Wildman–Crippen MR) is 68.4 cm³/mol. The van der Waals surface area contributed by atoms with Gasteiger partial charge in [0.1, 0.15) is 11.1 Å². The van der Waals surface area contributed by atoms with E-state index in [0.717, 1.165) is 21.9 Å². The maximum absolute atomic E-state index is 5.98. The number of furan rings is 1. The molecule has 82 valence electrons. The van der Waals surface area contributed by atoms with Gasteiger partial charge in [0, 0.05) is 0 Å². The number of H-pyrrole nitrogens is 1. The Labute approximate surface area is 101 Å². The van der Waals surface area contributed by atoms with Gasteiger partial charge >= 0.3 is 0 Å². The second-order valence-electron chi connectivity index (χ2n) is 3.98. The van der Waals surface area contributed by atoms with Crippen LogP contribution in [0.4, 0.5) is 0 Å². The number of nitrogens with zero attached hydrogens (tertiary/aromatic N) is 1. The van der Waals surface area contributed by atoms with Crippen molar-refractivity contribution in [1.29, 1.82) is 0 Å². The number of nitrogens with one attached hydrogen (secondary N) is 1. The first-order valence-electron chi connectivity index (χ1n) is 5.28. The molecule has 4 aromatic rings. The fourth-order valence-corrected chi connectivity index (χ4v) is 2.43. The van der Waals surface area contributed by atoms with Gasteiger partial charge in [-0.2, -0.15) is 5.10 Å². The summed E-state index contributed by atoms with van der Waals surface area (Å²) in [5.41, 5.74) is 2.23. The molecule has 0 atom stereocenters. The van der Waals surface area contributed by atoms with Gasteiger partial charge in [-0.05, 0) is 16.8 Å². The molecule has 0 unspecified atom stereocenters. The van der Waals surface area contributed by atoms with Crippen molar-refractivity contribution >= 4 is 44.4 Å². The topological polar surface area (TPSA) is 41.8 Å². The summed E-state index contributed by atoms with van der Waals surface area (Å²) in [6, 6.07) is 12.2. The summed E-state index contributed by atoms with van der Waals surface area (Å²) in [5.74, 6) is 0. The number of aromatic amines is 1. The number of fused-ring (bicyclic) bond motifs is 5. The second-order valence-corrected chi connectivity index (χ2v) is 4.36. The molecule has 0 saturated heterocycles. The molecule has 2 aromatic carbocycles. The third kappa shape index (κ3) is 1.09. The highest BCUT2D eigenvalue weighted by Crippen LogP contribution is 2.35. The highest BCUT2D eigenvalue weighted by atomic mass is 35.5. The van der Waals surface area contributed by atoms with Crippen molar-refractivity contribution in [2.75, 3.05) is 0 Å². The van der Waals surface area contributed by atoms with Crippen molar-refractivity contribution in [2.45, 2.75) is 0 Å². The van der Waals surface area contributed by atoms with Gasteiger partial charge in [0.05, 0.1) is 5.39 Å². The van der Waals surface area contributed by atoms with E-state index in [-0.39, 0.29) is 0 Å². The van der Waals surface area contributed by atoms with E-state index in [9.17, 15) is 0 Å². The fourth-order valence-electron chi connectivity index (χ4n) is 2.26. The Kier molecular flexibility index (Phi) is 1.61. The summed E-state index contributed by atoms with van der Waals surface area (Å²) in [4.78, 5) is 0. The zero-order chi connectivity index (χ0) is 11.4. The lowest BCUT2D eigenvalue weighted by Crippen LogP contribution is -1.74. The molecule has 0 radical (unpaired) electrons. The Morgan fingerprint density at radius 2 is 2.00 bits per heavy atom. The summed E-state index contributed by atoms with van der Waals surface area (Å²) in [7, 11) is 0. The minimum absolute atomic E-state index is 0.445. The van der Waals surface area contributed by atoms with Crippen LogP contribution in [-0.4, -0.2) is 10.2 Å². The van der Waals surface area contributed by atoms with E-state index in [1.54, 1.807) is 0 Å². The van der Waals surface area contributed by atoms with Gasteiger partial charge in [-0.25, -0.2) is 0 Å². The standard InChI is InChI=1S/C13H7ClN2O/c14-13-12-11(15-16-13)10-8-4-2-1-3-7(8)5-6-9(10)17-12/h1-6H,(H,15,16). The molecular weight excluding hydrogens is 236 g/mol. The largest absolute Gasteiger partial charge is 0.451 e. The van der Waals surface area contributed by atoms with Gasteiger partial charge in [0.15, 0.2) is 10.7 Å². The zero-order valence-corrected chi connectivity index (χ0v) is 9.45. The van der Waals surface area contributed by atoms with Crippen LogP contribution >= 0.6 is 11.6 Å². The Morgan fingerprint density at radius 1 is 1.12 bits per heavy atom. The molecule has 4 rings (SSSR count). The Morgan fingerprint density at radius 3 is 2.94 bits per heavy atom. The van der Waals surface area contributed by atoms with Gasteiger partial charge in [0.25, 0.3) is 0 Å². The van der Waals surface area contributed by atoms with Crippen molar-refractivity contribution in [3.63, 3.8) is 0 Å². The Balaban J connectivity index is 2.38. The molecular formula is C13H7ClN2O. The van der Waals surface area contributed by atoms with Gasteiger partial charge < -0.3 is 4.42 Å². The number of halogens is 1. The van der Waals surface area contributed by atoms with E-state index >= 15 is 0 Å². The summed E-state index contributed by atoms with van der Waals surface area (Å²) >= 11 is 5.98. The summed E-state index contributed by atoms with van der Waals surface area (Å²) in [6.07, 6.45) is 0. The lowest BCUT2D eigenvalue weighted by Gasteiger charge is -1.97. The number of aromatic nitrogens is 2. The van der Waals surface area contributed by atoms with E-state index < -0.39 is 0 Å². The highest BCUT2D eigenvalue weighted by Gasteiger charge is 2.15. The van der Waals surface area contributed by atoms with Crippen LogP contribution in [0.15, 0.2) is 40.8 Å². The monoisotopic (exact) mass is 242 g/mol. The molecule has 0 bridgehead atoms. The van der Waals surface area contributed by atoms with Crippen molar-refractivity contribution in [1.82, 2.24) is 10.2 Å². The molecule has 4 heteroatoms. The van der Waals surface area contributed by atoms with Crippen LogP contribution in [0, 0.1) is 0 Å². The van der Waals surface area contributed by atoms with E-state index in [1.165, 1.54) is 5.39 Å². The second kappa shape index (κ2) is 3.02. The SMILES string of the molecule is Clc1[nH]nc2c1oc1ccc3ccccc3c12. The lowest BCUT2D eigenvalue weighted by atomic mass is 10.1. The van der Waals surface area contributed by atoms with Crippen LogP contribution in [0.2, 0.25) is 5.15 Å². The van der Waals surface area contributed by atoms with Crippen LogP contribution in [0.3, 0.4) is 0 Å². The zero-order valence-electron chi connectivity index (χ0n) is 8.70. The van der Waals surface area contributed by atoms with Crippen molar-refractivity contribution < 1.29 is 4.42 Å². The van der Waals surface area contributed by atoms with E-state index in [2.05, 4.69) is 22.3 Å². The van der Waals surface area contributed by atoms with Gasteiger partial charge in [-0.15, -0.1) is 0 Å². The van der Waals surface area contributed by atoms with Crippen molar-refractivity contribution in [3.05, 3.63) is 41.6 Å². The molecule has 0 aliphatic carbocycles. The smallest absolute Gasteiger partial charge is 0.192 e. The average Bonchev–Trinajstić information content (AvgIpc) is 2.90. The summed E-state index contributed by atoms with van der Waals surface area (Å²) in [6.45, 7) is 0. The van der Waals surface area contributed by atoms with Gasteiger partial charge in [-0.1, -0.05) is 41.9 Å². The molecule has 2 heterocycles. The molecule has 0 aliphatic heterocycles. The van der Waals surface area contributed by atoms with Crippen molar-refractivity contribution in [3.8, 4) is 0 Å². The third-order valence-corrected chi connectivity index (χ3v) is 3.28. The number of hydrogen-bond acceptors (Lipinski definition) is 2. The Bertz CT molecular complexity index is 860. The molecule has 0 spiro atoms. The predicted octanol–water partition coefficient (Wildman–Crippen LogP) is 4.12. The molecule has 0 aliphatic rings. The lowest BCUT2D eigenvalue weighted by molar-refractivity contribution is 0.669. The minimum atomic E-state index is 0.445. The Hall–Kier alpha value is -2.00. The summed E-state index contributed by atoms with van der Waals surface area (Å²) < 4.78 is 5.71. The van der Waals surface area contributed by atoms with Crippen LogP contribution in [0.1, 0.15) is 0 Å². The molecule has 2 aromatic heterocycles. The number of benzene rings is 2. The maximum Gasteiger partial charge on any atom is 0.192 e. The van der Waals surface area contributed by atoms with Gasteiger partial charge in [-0.3, -0.25) is 5.10 Å². The van der Waals surface area contributed by atoms with Crippen LogP contribution in [0.25, 0.3) is 32.8 Å².